The highest BCUT2D eigenvalue weighted by molar-refractivity contribution is 5.87. The molecule has 0 unspecified atom stereocenters. The van der Waals surface area contributed by atoms with Gasteiger partial charge in [-0.25, -0.2) is 4.79 Å². The smallest absolute Gasteiger partial charge is 0.343 e. The van der Waals surface area contributed by atoms with Crippen molar-refractivity contribution in [2.24, 2.45) is 0 Å². The van der Waals surface area contributed by atoms with Gasteiger partial charge in [-0.15, -0.1) is 0 Å². The van der Waals surface area contributed by atoms with Crippen molar-refractivity contribution in [2.75, 3.05) is 30.9 Å². The predicted octanol–water partition coefficient (Wildman–Crippen LogP) is 5.28. The summed E-state index contributed by atoms with van der Waals surface area (Å²) < 4.78 is 5.74. The number of rotatable bonds is 3. The third-order valence-corrected chi connectivity index (χ3v) is 6.57. The van der Waals surface area contributed by atoms with Crippen LogP contribution in [0.2, 0.25) is 0 Å². The molecule has 0 saturated carbocycles. The predicted molar refractivity (Wildman–Crippen MR) is 129 cm³/mol. The molecule has 2 atom stereocenters. The molecule has 0 radical (unpaired) electrons. The van der Waals surface area contributed by atoms with Crippen molar-refractivity contribution in [3.8, 4) is 5.75 Å². The Morgan fingerprint density at radius 2 is 1.72 bits per heavy atom. The summed E-state index contributed by atoms with van der Waals surface area (Å²) in [4.78, 5) is 17.4. The molecule has 1 aliphatic rings. The number of hydrogen-bond donors (Lipinski definition) is 1. The minimum atomic E-state index is -0.484. The maximum atomic E-state index is 13.2. The van der Waals surface area contributed by atoms with Gasteiger partial charge in [0.1, 0.15) is 11.3 Å². The highest BCUT2D eigenvalue weighted by Gasteiger charge is 2.36. The normalized spacial score (nSPS) is 17.9. The van der Waals surface area contributed by atoms with Gasteiger partial charge in [0.2, 0.25) is 0 Å². The molecule has 5 nitrogen and oxygen atoms in total. The van der Waals surface area contributed by atoms with Crippen LogP contribution in [0, 0.1) is 0 Å². The monoisotopic (exact) mass is 426 g/mol. The van der Waals surface area contributed by atoms with Crippen LogP contribution in [0.1, 0.15) is 35.1 Å². The van der Waals surface area contributed by atoms with Crippen molar-refractivity contribution >= 4 is 22.3 Å². The largest absolute Gasteiger partial charge is 0.507 e. The van der Waals surface area contributed by atoms with Gasteiger partial charge in [-0.1, -0.05) is 48.5 Å². The fraction of sp³-hybridized carbons (Fsp3) is 0.222. The highest BCUT2D eigenvalue weighted by Crippen LogP contribution is 2.48. The summed E-state index contributed by atoms with van der Waals surface area (Å²) in [5.74, 6) is -0.264. The number of anilines is 2. The van der Waals surface area contributed by atoms with Crippen molar-refractivity contribution in [3.63, 3.8) is 0 Å². The van der Waals surface area contributed by atoms with Crippen LogP contribution < -0.4 is 15.4 Å². The third kappa shape index (κ3) is 3.21. The van der Waals surface area contributed by atoms with Crippen molar-refractivity contribution in [1.29, 1.82) is 0 Å². The fourth-order valence-corrected chi connectivity index (χ4v) is 4.86. The van der Waals surface area contributed by atoms with Crippen molar-refractivity contribution in [3.05, 3.63) is 99.9 Å². The first-order valence-electron chi connectivity index (χ1n) is 10.8. The zero-order valence-electron chi connectivity index (χ0n) is 18.4. The van der Waals surface area contributed by atoms with Gasteiger partial charge in [-0.05, 0) is 35.7 Å². The summed E-state index contributed by atoms with van der Waals surface area (Å²) in [6, 6.07) is 24.0. The maximum Gasteiger partial charge on any atom is 0.343 e. The Labute approximate surface area is 187 Å². The molecule has 32 heavy (non-hydrogen) atoms. The van der Waals surface area contributed by atoms with E-state index in [4.69, 9.17) is 4.42 Å². The topological polar surface area (TPSA) is 56.9 Å². The first-order chi connectivity index (χ1) is 15.5. The lowest BCUT2D eigenvalue weighted by molar-refractivity contribution is 0.438. The standard InChI is InChI=1S/C27H26N2O3/c1-28(2)18-13-14-20-24(15-18)32-27(31)25(26(20)30)21-16-23(17-9-5-4-6-10-17)29(3)22-12-8-7-11-19(21)22/h4-15,21,23,30H,16H2,1-3H3/t21-,23+/m0/s1. The Hall–Kier alpha value is -3.73. The summed E-state index contributed by atoms with van der Waals surface area (Å²) in [6.07, 6.45) is 0.664. The third-order valence-electron chi connectivity index (χ3n) is 6.57. The maximum absolute atomic E-state index is 13.2. The molecule has 2 heterocycles. The zero-order chi connectivity index (χ0) is 22.4. The molecule has 0 fully saturated rings. The van der Waals surface area contributed by atoms with Crippen LogP contribution >= 0.6 is 0 Å². The van der Waals surface area contributed by atoms with Crippen LogP contribution in [0.3, 0.4) is 0 Å². The van der Waals surface area contributed by atoms with Gasteiger partial charge < -0.3 is 19.3 Å². The summed E-state index contributed by atoms with van der Waals surface area (Å²) in [6.45, 7) is 0. The Morgan fingerprint density at radius 1 is 1.00 bits per heavy atom. The first-order valence-corrected chi connectivity index (χ1v) is 10.8. The molecule has 1 aliphatic heterocycles. The van der Waals surface area contributed by atoms with E-state index < -0.39 is 5.63 Å². The van der Waals surface area contributed by atoms with Gasteiger partial charge in [0.15, 0.2) is 0 Å². The molecule has 0 aliphatic carbocycles. The molecule has 0 bridgehead atoms. The van der Waals surface area contributed by atoms with Crippen molar-refractivity contribution in [1.82, 2.24) is 0 Å². The van der Waals surface area contributed by atoms with Crippen LogP contribution in [0.25, 0.3) is 11.0 Å². The number of fused-ring (bicyclic) bond motifs is 2. The van der Waals surface area contributed by atoms with E-state index >= 15 is 0 Å². The molecule has 3 aromatic carbocycles. The zero-order valence-corrected chi connectivity index (χ0v) is 18.4. The van der Waals surface area contributed by atoms with E-state index in [0.717, 1.165) is 16.9 Å². The number of benzene rings is 3. The van der Waals surface area contributed by atoms with Gasteiger partial charge in [0, 0.05) is 44.5 Å². The molecule has 162 valence electrons. The van der Waals surface area contributed by atoms with Crippen LogP contribution in [0.15, 0.2) is 82.0 Å². The minimum absolute atomic E-state index is 0.0118. The molecular weight excluding hydrogens is 400 g/mol. The van der Waals surface area contributed by atoms with Gasteiger partial charge in [0.25, 0.3) is 0 Å². The van der Waals surface area contributed by atoms with E-state index in [1.54, 1.807) is 6.07 Å². The molecule has 0 spiro atoms. The van der Waals surface area contributed by atoms with E-state index in [0.29, 0.717) is 23.0 Å². The van der Waals surface area contributed by atoms with Gasteiger partial charge in [0.05, 0.1) is 17.0 Å². The quantitative estimate of drug-likeness (QED) is 0.452. The number of hydrogen-bond acceptors (Lipinski definition) is 5. The van der Waals surface area contributed by atoms with E-state index in [1.165, 1.54) is 5.56 Å². The first kappa shape index (κ1) is 20.2. The molecular formula is C27H26N2O3. The molecule has 0 saturated heterocycles. The average Bonchev–Trinajstić information content (AvgIpc) is 2.80. The summed E-state index contributed by atoms with van der Waals surface area (Å²) in [7, 11) is 5.93. The second kappa shape index (κ2) is 7.75. The molecule has 4 aromatic rings. The molecule has 5 heteroatoms. The Bertz CT molecular complexity index is 1340. The molecule has 5 rings (SSSR count). The van der Waals surface area contributed by atoms with E-state index in [-0.39, 0.29) is 17.7 Å². The number of aromatic hydroxyl groups is 1. The Kier molecular flexibility index (Phi) is 4.89. The highest BCUT2D eigenvalue weighted by atomic mass is 16.4. The second-order valence-corrected chi connectivity index (χ2v) is 8.61. The fourth-order valence-electron chi connectivity index (χ4n) is 4.86. The molecule has 1 aromatic heterocycles. The Balaban J connectivity index is 1.70. The van der Waals surface area contributed by atoms with Gasteiger partial charge in [-0.3, -0.25) is 0 Å². The number of para-hydroxylation sites is 1. The van der Waals surface area contributed by atoms with E-state index in [2.05, 4.69) is 30.1 Å². The lowest BCUT2D eigenvalue weighted by Gasteiger charge is -2.40. The van der Waals surface area contributed by atoms with Crippen molar-refractivity contribution in [2.45, 2.75) is 18.4 Å². The van der Waals surface area contributed by atoms with Crippen LogP contribution in [-0.2, 0) is 0 Å². The lowest BCUT2D eigenvalue weighted by atomic mass is 9.79. The molecule has 1 N–H and O–H groups in total. The minimum Gasteiger partial charge on any atom is -0.507 e. The average molecular weight is 427 g/mol. The van der Waals surface area contributed by atoms with E-state index in [1.807, 2.05) is 67.5 Å². The van der Waals surface area contributed by atoms with Gasteiger partial charge in [-0.2, -0.15) is 0 Å². The van der Waals surface area contributed by atoms with E-state index in [9.17, 15) is 9.90 Å². The van der Waals surface area contributed by atoms with Crippen LogP contribution in [0.5, 0.6) is 5.75 Å². The van der Waals surface area contributed by atoms with Crippen LogP contribution in [-0.4, -0.2) is 26.2 Å². The molecule has 0 amide bonds. The summed E-state index contributed by atoms with van der Waals surface area (Å²) in [5, 5.41) is 11.8. The number of nitrogens with zero attached hydrogens (tertiary/aromatic N) is 2. The summed E-state index contributed by atoms with van der Waals surface area (Å²) in [5.41, 5.74) is 4.40. The SMILES string of the molecule is CN(C)c1ccc2c(O)c([C@H]3C[C@H](c4ccccc4)N(C)c4ccccc43)c(=O)oc2c1. The van der Waals surface area contributed by atoms with Crippen LogP contribution in [0.4, 0.5) is 11.4 Å². The Morgan fingerprint density at radius 3 is 2.47 bits per heavy atom. The second-order valence-electron chi connectivity index (χ2n) is 8.61. The van der Waals surface area contributed by atoms with Gasteiger partial charge >= 0.3 is 5.63 Å². The lowest BCUT2D eigenvalue weighted by Crippen LogP contribution is -2.33. The summed E-state index contributed by atoms with van der Waals surface area (Å²) >= 11 is 0. The van der Waals surface area contributed by atoms with Crippen molar-refractivity contribution < 1.29 is 9.52 Å².